The third kappa shape index (κ3) is 3.98. The summed E-state index contributed by atoms with van der Waals surface area (Å²) < 4.78 is 11.4. The Balaban J connectivity index is 2.88. The fraction of sp³-hybridized carbons (Fsp3) is 0.688. The molecule has 1 rings (SSSR count). The Morgan fingerprint density at radius 2 is 1.95 bits per heavy atom. The maximum atomic E-state index is 12.0. The molecule has 0 aromatic carbocycles. The fourth-order valence-electron chi connectivity index (χ4n) is 1.79. The standard InChI is InChI=1S/C16H28O3Si/c1-8-18-15(17)14-11-13(10-9-12(14)2)19-20(6,7)16(3,4)5/h9-12,14H,8H2,1-7H3. The highest BCUT2D eigenvalue weighted by Gasteiger charge is 2.40. The van der Waals surface area contributed by atoms with Gasteiger partial charge in [-0.1, -0.05) is 33.8 Å². The molecule has 0 N–H and O–H groups in total. The molecule has 0 heterocycles. The quantitative estimate of drug-likeness (QED) is 0.574. The molecular weight excluding hydrogens is 268 g/mol. The minimum Gasteiger partial charge on any atom is -0.544 e. The van der Waals surface area contributed by atoms with E-state index in [4.69, 9.17) is 9.16 Å². The number of ether oxygens (including phenoxy) is 1. The van der Waals surface area contributed by atoms with Crippen molar-refractivity contribution in [3.63, 3.8) is 0 Å². The van der Waals surface area contributed by atoms with Crippen LogP contribution in [0.3, 0.4) is 0 Å². The Bertz CT molecular complexity index is 416. The number of carbonyl (C=O) groups is 1. The van der Waals surface area contributed by atoms with Crippen molar-refractivity contribution in [3.05, 3.63) is 24.0 Å². The molecule has 0 spiro atoms. The predicted octanol–water partition coefficient (Wildman–Crippen LogP) is 4.28. The van der Waals surface area contributed by atoms with Crippen LogP contribution in [0.25, 0.3) is 0 Å². The smallest absolute Gasteiger partial charge is 0.313 e. The van der Waals surface area contributed by atoms with Crippen molar-refractivity contribution in [2.75, 3.05) is 6.61 Å². The van der Waals surface area contributed by atoms with Gasteiger partial charge in [0.1, 0.15) is 0 Å². The van der Waals surface area contributed by atoms with Gasteiger partial charge < -0.3 is 9.16 Å². The van der Waals surface area contributed by atoms with E-state index >= 15 is 0 Å². The molecule has 0 aromatic heterocycles. The normalized spacial score (nSPS) is 23.2. The first-order valence-corrected chi connectivity index (χ1v) is 10.2. The van der Waals surface area contributed by atoms with E-state index in [1.54, 1.807) is 0 Å². The van der Waals surface area contributed by atoms with E-state index in [0.29, 0.717) is 6.61 Å². The van der Waals surface area contributed by atoms with Gasteiger partial charge in [0, 0.05) is 0 Å². The summed E-state index contributed by atoms with van der Waals surface area (Å²) >= 11 is 0. The number of esters is 1. The molecule has 114 valence electrons. The SMILES string of the molecule is CCOC(=O)C1C=C(O[Si](C)(C)C(C)(C)C)C=CC1C. The average Bonchev–Trinajstić information content (AvgIpc) is 2.30. The minimum atomic E-state index is -1.87. The third-order valence-electron chi connectivity index (χ3n) is 4.21. The topological polar surface area (TPSA) is 35.5 Å². The Morgan fingerprint density at radius 3 is 2.45 bits per heavy atom. The van der Waals surface area contributed by atoms with Gasteiger partial charge in [0.25, 0.3) is 0 Å². The van der Waals surface area contributed by atoms with E-state index in [1.807, 2.05) is 32.1 Å². The summed E-state index contributed by atoms with van der Waals surface area (Å²) in [5.41, 5.74) is 0. The average molecular weight is 296 g/mol. The molecule has 3 nitrogen and oxygen atoms in total. The van der Waals surface area contributed by atoms with Crippen LogP contribution < -0.4 is 0 Å². The Labute approximate surface area is 124 Å². The second-order valence-corrected chi connectivity index (χ2v) is 11.7. The molecule has 0 radical (unpaired) electrons. The van der Waals surface area contributed by atoms with Crippen LogP contribution in [0.5, 0.6) is 0 Å². The van der Waals surface area contributed by atoms with Gasteiger partial charge >= 0.3 is 5.97 Å². The van der Waals surface area contributed by atoms with E-state index in [2.05, 4.69) is 33.9 Å². The minimum absolute atomic E-state index is 0.143. The second kappa shape index (κ2) is 6.16. The van der Waals surface area contributed by atoms with Gasteiger partial charge in [0.05, 0.1) is 18.3 Å². The maximum Gasteiger partial charge on any atom is 0.313 e. The third-order valence-corrected chi connectivity index (χ3v) is 8.57. The molecule has 0 amide bonds. The number of rotatable bonds is 4. The summed E-state index contributed by atoms with van der Waals surface area (Å²) in [5.74, 6) is 0.564. The lowest BCUT2D eigenvalue weighted by Gasteiger charge is -2.37. The van der Waals surface area contributed by atoms with Gasteiger partial charge in [0.15, 0.2) is 0 Å². The first kappa shape index (κ1) is 17.0. The summed E-state index contributed by atoms with van der Waals surface area (Å²) in [6.07, 6.45) is 5.94. The summed E-state index contributed by atoms with van der Waals surface area (Å²) in [4.78, 5) is 12.0. The number of allylic oxidation sites excluding steroid dienone is 2. The summed E-state index contributed by atoms with van der Waals surface area (Å²) in [7, 11) is -1.87. The highest BCUT2D eigenvalue weighted by molar-refractivity contribution is 6.74. The molecule has 0 bridgehead atoms. The zero-order valence-corrected chi connectivity index (χ0v) is 14.8. The molecule has 0 saturated heterocycles. The summed E-state index contributed by atoms with van der Waals surface area (Å²) in [5, 5.41) is 0.143. The predicted molar refractivity (Wildman–Crippen MR) is 84.8 cm³/mol. The Hall–Kier alpha value is -1.03. The molecule has 1 aliphatic carbocycles. The van der Waals surface area contributed by atoms with Crippen molar-refractivity contribution in [2.24, 2.45) is 11.8 Å². The molecule has 0 fully saturated rings. The van der Waals surface area contributed by atoms with Crippen LogP contribution in [0.2, 0.25) is 18.1 Å². The highest BCUT2D eigenvalue weighted by Crippen LogP contribution is 2.39. The van der Waals surface area contributed by atoms with Gasteiger partial charge in [-0.3, -0.25) is 4.79 Å². The highest BCUT2D eigenvalue weighted by atomic mass is 28.4. The van der Waals surface area contributed by atoms with Crippen molar-refractivity contribution in [3.8, 4) is 0 Å². The van der Waals surface area contributed by atoms with Crippen molar-refractivity contribution < 1.29 is 14.0 Å². The van der Waals surface area contributed by atoms with Crippen LogP contribution in [0, 0.1) is 11.8 Å². The molecule has 4 heteroatoms. The molecule has 20 heavy (non-hydrogen) atoms. The lowest BCUT2D eigenvalue weighted by molar-refractivity contribution is -0.147. The largest absolute Gasteiger partial charge is 0.544 e. The van der Waals surface area contributed by atoms with Crippen molar-refractivity contribution in [1.82, 2.24) is 0 Å². The van der Waals surface area contributed by atoms with E-state index in [0.717, 1.165) is 5.76 Å². The zero-order valence-electron chi connectivity index (χ0n) is 13.8. The summed E-state index contributed by atoms with van der Waals surface area (Å²) in [6.45, 7) is 15.3. The molecule has 1 aliphatic rings. The van der Waals surface area contributed by atoms with Gasteiger partial charge in [-0.05, 0) is 43.1 Å². The van der Waals surface area contributed by atoms with Gasteiger partial charge in [0.2, 0.25) is 8.32 Å². The Morgan fingerprint density at radius 1 is 1.35 bits per heavy atom. The zero-order chi connectivity index (χ0) is 15.6. The first-order chi connectivity index (χ1) is 9.08. The maximum absolute atomic E-state index is 12.0. The molecule has 0 aliphatic heterocycles. The lowest BCUT2D eigenvalue weighted by atomic mass is 9.89. The van der Waals surface area contributed by atoms with Gasteiger partial charge in [-0.15, -0.1) is 0 Å². The monoisotopic (exact) mass is 296 g/mol. The van der Waals surface area contributed by atoms with Crippen LogP contribution in [0.15, 0.2) is 24.0 Å². The van der Waals surface area contributed by atoms with Crippen LogP contribution in [0.1, 0.15) is 34.6 Å². The molecule has 0 aromatic rings. The number of carbonyl (C=O) groups excluding carboxylic acids is 1. The fourth-order valence-corrected chi connectivity index (χ4v) is 2.82. The lowest BCUT2D eigenvalue weighted by Crippen LogP contribution is -2.40. The number of hydrogen-bond acceptors (Lipinski definition) is 3. The molecule has 2 atom stereocenters. The molecular formula is C16H28O3Si. The first-order valence-electron chi connectivity index (χ1n) is 7.34. The van der Waals surface area contributed by atoms with E-state index in [1.165, 1.54) is 0 Å². The van der Waals surface area contributed by atoms with Gasteiger partial charge in [-0.2, -0.15) is 0 Å². The van der Waals surface area contributed by atoms with Crippen molar-refractivity contribution in [2.45, 2.75) is 52.8 Å². The van der Waals surface area contributed by atoms with Crippen molar-refractivity contribution in [1.29, 1.82) is 0 Å². The van der Waals surface area contributed by atoms with Gasteiger partial charge in [-0.25, -0.2) is 0 Å². The Kier molecular flexibility index (Phi) is 5.25. The van der Waals surface area contributed by atoms with Crippen molar-refractivity contribution >= 4 is 14.3 Å². The van der Waals surface area contributed by atoms with E-state index < -0.39 is 8.32 Å². The van der Waals surface area contributed by atoms with Crippen LogP contribution in [0.4, 0.5) is 0 Å². The van der Waals surface area contributed by atoms with E-state index in [-0.39, 0.29) is 22.8 Å². The van der Waals surface area contributed by atoms with Crippen LogP contribution in [-0.4, -0.2) is 20.9 Å². The van der Waals surface area contributed by atoms with Crippen LogP contribution in [-0.2, 0) is 14.0 Å². The molecule has 2 unspecified atom stereocenters. The number of hydrogen-bond donors (Lipinski definition) is 0. The molecule has 0 saturated carbocycles. The summed E-state index contributed by atoms with van der Waals surface area (Å²) in [6, 6.07) is 0. The van der Waals surface area contributed by atoms with E-state index in [9.17, 15) is 4.79 Å². The second-order valence-electron chi connectivity index (χ2n) is 6.93. The van der Waals surface area contributed by atoms with Crippen LogP contribution >= 0.6 is 0 Å².